The highest BCUT2D eigenvalue weighted by Crippen LogP contribution is 2.33. The summed E-state index contributed by atoms with van der Waals surface area (Å²) in [6.45, 7) is 3.72. The van der Waals surface area contributed by atoms with Gasteiger partial charge in [-0.15, -0.1) is 0 Å². The standard InChI is InChI=1S/C25H20N4O3/c1-3-20(28-23(30)16-10-4-5-11-17(16)24(28)31)22-27-19-13-7-6-12-18(19)25(32)29(22)21-15(2)9-8-14-26-21/h4-14,20H,3H2,1-2H3/t20-/m0/s1. The largest absolute Gasteiger partial charge is 0.269 e. The predicted octanol–water partition coefficient (Wildman–Crippen LogP) is 3.84. The molecule has 2 aromatic heterocycles. The second-order valence-corrected chi connectivity index (χ2v) is 7.72. The van der Waals surface area contributed by atoms with Crippen molar-refractivity contribution in [1.82, 2.24) is 19.4 Å². The number of aryl methyl sites for hydroxylation is 1. The molecule has 1 atom stereocenters. The zero-order chi connectivity index (χ0) is 22.4. The number of hydrogen-bond donors (Lipinski definition) is 0. The molecule has 158 valence electrons. The van der Waals surface area contributed by atoms with Crippen LogP contribution in [0.4, 0.5) is 0 Å². The molecule has 0 saturated carbocycles. The smallest absolute Gasteiger partial charge is 0.267 e. The van der Waals surface area contributed by atoms with Crippen molar-refractivity contribution < 1.29 is 9.59 Å². The third kappa shape index (κ3) is 2.85. The Hall–Kier alpha value is -4.13. The molecule has 5 rings (SSSR count). The molecule has 0 aliphatic carbocycles. The van der Waals surface area contributed by atoms with Gasteiger partial charge in [0.05, 0.1) is 28.1 Å². The van der Waals surface area contributed by atoms with Crippen LogP contribution in [0.3, 0.4) is 0 Å². The van der Waals surface area contributed by atoms with Crippen LogP contribution in [0.5, 0.6) is 0 Å². The molecule has 1 aliphatic rings. The van der Waals surface area contributed by atoms with E-state index in [1.54, 1.807) is 60.8 Å². The van der Waals surface area contributed by atoms with E-state index in [0.29, 0.717) is 40.1 Å². The number of aromatic nitrogens is 3. The van der Waals surface area contributed by atoms with Gasteiger partial charge in [-0.3, -0.25) is 19.3 Å². The van der Waals surface area contributed by atoms with E-state index < -0.39 is 6.04 Å². The molecule has 1 aliphatic heterocycles. The Morgan fingerprint density at radius 2 is 1.53 bits per heavy atom. The molecule has 0 N–H and O–H groups in total. The molecule has 32 heavy (non-hydrogen) atoms. The van der Waals surface area contributed by atoms with Crippen molar-refractivity contribution in [3.05, 3.63) is 99.7 Å². The van der Waals surface area contributed by atoms with Crippen LogP contribution in [-0.4, -0.2) is 31.2 Å². The lowest BCUT2D eigenvalue weighted by Crippen LogP contribution is -2.38. The van der Waals surface area contributed by atoms with Gasteiger partial charge < -0.3 is 0 Å². The van der Waals surface area contributed by atoms with Crippen molar-refractivity contribution in [2.75, 3.05) is 0 Å². The lowest BCUT2D eigenvalue weighted by molar-refractivity contribution is 0.0568. The summed E-state index contributed by atoms with van der Waals surface area (Å²) >= 11 is 0. The van der Waals surface area contributed by atoms with E-state index in [2.05, 4.69) is 4.98 Å². The minimum atomic E-state index is -0.735. The average Bonchev–Trinajstić information content (AvgIpc) is 3.06. The maximum atomic E-state index is 13.6. The molecular weight excluding hydrogens is 404 g/mol. The highest BCUT2D eigenvalue weighted by Gasteiger charge is 2.41. The molecule has 7 heteroatoms. The van der Waals surface area contributed by atoms with Gasteiger partial charge in [0, 0.05) is 6.20 Å². The van der Waals surface area contributed by atoms with Gasteiger partial charge in [-0.1, -0.05) is 37.3 Å². The maximum Gasteiger partial charge on any atom is 0.267 e. The first kappa shape index (κ1) is 19.8. The number of carbonyl (C=O) groups is 2. The number of pyridine rings is 1. The number of para-hydroxylation sites is 1. The van der Waals surface area contributed by atoms with Gasteiger partial charge >= 0.3 is 0 Å². The van der Waals surface area contributed by atoms with E-state index in [4.69, 9.17) is 4.98 Å². The van der Waals surface area contributed by atoms with E-state index in [0.717, 1.165) is 5.56 Å². The Kier molecular flexibility index (Phi) is 4.66. The topological polar surface area (TPSA) is 85.2 Å². The molecule has 0 fully saturated rings. The first-order valence-electron chi connectivity index (χ1n) is 10.4. The third-order valence-corrected chi connectivity index (χ3v) is 5.82. The first-order chi connectivity index (χ1) is 15.5. The fraction of sp³-hybridized carbons (Fsp3) is 0.160. The predicted molar refractivity (Wildman–Crippen MR) is 120 cm³/mol. The van der Waals surface area contributed by atoms with Crippen molar-refractivity contribution in [3.63, 3.8) is 0 Å². The Morgan fingerprint density at radius 1 is 0.875 bits per heavy atom. The molecule has 0 saturated heterocycles. The van der Waals surface area contributed by atoms with Crippen LogP contribution >= 0.6 is 0 Å². The minimum Gasteiger partial charge on any atom is -0.269 e. The van der Waals surface area contributed by atoms with Crippen molar-refractivity contribution in [1.29, 1.82) is 0 Å². The first-order valence-corrected chi connectivity index (χ1v) is 10.4. The summed E-state index contributed by atoms with van der Waals surface area (Å²) in [6, 6.07) is 16.7. The summed E-state index contributed by atoms with van der Waals surface area (Å²) in [7, 11) is 0. The normalized spacial score (nSPS) is 14.1. The third-order valence-electron chi connectivity index (χ3n) is 5.82. The summed E-state index contributed by atoms with van der Waals surface area (Å²) in [5.74, 6) is -0.0263. The average molecular weight is 424 g/mol. The summed E-state index contributed by atoms with van der Waals surface area (Å²) in [4.78, 5) is 50.5. The van der Waals surface area contributed by atoms with Crippen molar-refractivity contribution in [3.8, 4) is 5.82 Å². The Morgan fingerprint density at radius 3 is 2.19 bits per heavy atom. The second kappa shape index (κ2) is 7.53. The van der Waals surface area contributed by atoms with Crippen LogP contribution in [-0.2, 0) is 0 Å². The molecular formula is C25H20N4O3. The zero-order valence-corrected chi connectivity index (χ0v) is 17.6. The Balaban J connectivity index is 1.79. The highest BCUT2D eigenvalue weighted by atomic mass is 16.2. The number of imide groups is 1. The van der Waals surface area contributed by atoms with E-state index in [9.17, 15) is 14.4 Å². The summed E-state index contributed by atoms with van der Waals surface area (Å²) < 4.78 is 1.44. The second-order valence-electron chi connectivity index (χ2n) is 7.72. The fourth-order valence-electron chi connectivity index (χ4n) is 4.26. The van der Waals surface area contributed by atoms with E-state index >= 15 is 0 Å². The summed E-state index contributed by atoms with van der Waals surface area (Å²) in [6.07, 6.45) is 2.00. The molecule has 4 aromatic rings. The van der Waals surface area contributed by atoms with Gasteiger partial charge in [-0.05, 0) is 49.2 Å². The van der Waals surface area contributed by atoms with Crippen LogP contribution in [0.2, 0.25) is 0 Å². The zero-order valence-electron chi connectivity index (χ0n) is 17.6. The van der Waals surface area contributed by atoms with Crippen LogP contribution in [0, 0.1) is 6.92 Å². The molecule has 0 radical (unpaired) electrons. The minimum absolute atomic E-state index is 0.289. The van der Waals surface area contributed by atoms with Crippen LogP contribution in [0.1, 0.15) is 51.5 Å². The van der Waals surface area contributed by atoms with Crippen LogP contribution in [0.25, 0.3) is 16.7 Å². The number of nitrogens with zero attached hydrogens (tertiary/aromatic N) is 4. The van der Waals surface area contributed by atoms with Gasteiger partial charge in [0.25, 0.3) is 17.4 Å². The number of fused-ring (bicyclic) bond motifs is 2. The molecule has 2 amide bonds. The van der Waals surface area contributed by atoms with Gasteiger partial charge in [0.2, 0.25) is 0 Å². The van der Waals surface area contributed by atoms with Crippen molar-refractivity contribution >= 4 is 22.7 Å². The highest BCUT2D eigenvalue weighted by molar-refractivity contribution is 6.21. The van der Waals surface area contributed by atoms with Gasteiger partial charge in [-0.2, -0.15) is 0 Å². The van der Waals surface area contributed by atoms with Gasteiger partial charge in [0.15, 0.2) is 0 Å². The fourth-order valence-corrected chi connectivity index (χ4v) is 4.26. The van der Waals surface area contributed by atoms with Gasteiger partial charge in [0.1, 0.15) is 11.6 Å². The maximum absolute atomic E-state index is 13.6. The van der Waals surface area contributed by atoms with Crippen molar-refractivity contribution in [2.45, 2.75) is 26.3 Å². The number of hydrogen-bond acceptors (Lipinski definition) is 5. The lowest BCUT2D eigenvalue weighted by Gasteiger charge is -2.27. The quantitative estimate of drug-likeness (QED) is 0.465. The Bertz CT molecular complexity index is 1420. The van der Waals surface area contributed by atoms with Gasteiger partial charge in [-0.25, -0.2) is 14.5 Å². The van der Waals surface area contributed by atoms with Crippen LogP contribution < -0.4 is 5.56 Å². The number of amides is 2. The summed E-state index contributed by atoms with van der Waals surface area (Å²) in [5.41, 5.74) is 1.72. The van der Waals surface area contributed by atoms with Crippen molar-refractivity contribution in [2.24, 2.45) is 0 Å². The van der Waals surface area contributed by atoms with E-state index in [1.165, 1.54) is 9.47 Å². The molecule has 0 unspecified atom stereocenters. The summed E-state index contributed by atoms with van der Waals surface area (Å²) in [5, 5.41) is 0.443. The van der Waals surface area contributed by atoms with E-state index in [1.807, 2.05) is 19.9 Å². The SMILES string of the molecule is CC[C@@H](c1nc2ccccc2c(=O)n1-c1ncccc1C)N1C(=O)c2ccccc2C1=O. The molecule has 7 nitrogen and oxygen atoms in total. The number of rotatable bonds is 4. The lowest BCUT2D eigenvalue weighted by atomic mass is 10.1. The number of carbonyl (C=O) groups excluding carboxylic acids is 2. The van der Waals surface area contributed by atoms with E-state index in [-0.39, 0.29) is 17.4 Å². The molecule has 0 spiro atoms. The molecule has 3 heterocycles. The Labute approximate surface area is 184 Å². The molecule has 0 bridgehead atoms. The monoisotopic (exact) mass is 424 g/mol. The number of benzene rings is 2. The van der Waals surface area contributed by atoms with Crippen LogP contribution in [0.15, 0.2) is 71.7 Å². The molecule has 2 aromatic carbocycles.